The minimum Gasteiger partial charge on any atom is -0.405 e. The topological polar surface area (TPSA) is 114 Å². The number of rotatable bonds is 11. The molecule has 2 saturated carbocycles. The number of aromatic nitrogens is 2. The second kappa shape index (κ2) is 11.8. The fourth-order valence-electron chi connectivity index (χ4n) is 4.95. The molecule has 0 saturated heterocycles. The maximum atomic E-state index is 15.2. The number of alkyl halides is 6. The normalized spacial score (nSPS) is 17.0. The van der Waals surface area contributed by atoms with E-state index in [4.69, 9.17) is 0 Å². The first-order valence-corrected chi connectivity index (χ1v) is 13.1. The largest absolute Gasteiger partial charge is 0.573 e. The molecule has 2 aromatic rings. The molecule has 1 unspecified atom stereocenters. The van der Waals surface area contributed by atoms with Crippen LogP contribution >= 0.6 is 0 Å². The molecule has 9 nitrogen and oxygen atoms in total. The summed E-state index contributed by atoms with van der Waals surface area (Å²) in [4.78, 5) is 38.7. The number of hydrogen-bond donors (Lipinski definition) is 3. The van der Waals surface area contributed by atoms with Crippen molar-refractivity contribution in [2.45, 2.75) is 57.1 Å². The predicted molar refractivity (Wildman–Crippen MR) is 133 cm³/mol. The van der Waals surface area contributed by atoms with Gasteiger partial charge in [0.15, 0.2) is 0 Å². The Morgan fingerprint density at radius 3 is 2.17 bits per heavy atom. The van der Waals surface area contributed by atoms with E-state index in [-0.39, 0.29) is 23.4 Å². The van der Waals surface area contributed by atoms with Crippen LogP contribution in [0.15, 0.2) is 24.4 Å². The van der Waals surface area contributed by atoms with Crippen LogP contribution in [0.5, 0.6) is 5.75 Å². The number of amides is 3. The van der Waals surface area contributed by atoms with Gasteiger partial charge in [-0.25, -0.2) is 4.39 Å². The second-order valence-corrected chi connectivity index (χ2v) is 10.5. The zero-order valence-corrected chi connectivity index (χ0v) is 22.4. The molecule has 3 N–H and O–H groups in total. The van der Waals surface area contributed by atoms with Gasteiger partial charge in [0.25, 0.3) is 5.91 Å². The van der Waals surface area contributed by atoms with Gasteiger partial charge in [0.2, 0.25) is 11.8 Å². The molecule has 2 atom stereocenters. The van der Waals surface area contributed by atoms with Crippen molar-refractivity contribution in [3.8, 4) is 5.75 Å². The molecule has 3 amide bonds. The number of carbonyl (C=O) groups excluding carboxylic acids is 3. The molecule has 4 rings (SSSR count). The summed E-state index contributed by atoms with van der Waals surface area (Å²) in [6, 6.07) is 1.26. The van der Waals surface area contributed by atoms with E-state index in [1.807, 2.05) is 0 Å². The average molecular weight is 608 g/mol. The summed E-state index contributed by atoms with van der Waals surface area (Å²) in [5.74, 6) is -6.95. The van der Waals surface area contributed by atoms with E-state index < -0.39 is 71.6 Å². The summed E-state index contributed by atoms with van der Waals surface area (Å²) in [6.45, 7) is -0.779. The number of hydrogen-bond acceptors (Lipinski definition) is 5. The smallest absolute Gasteiger partial charge is 0.405 e. The molecule has 2 aliphatic rings. The standard InChI is InChI=1S/C26H28F7N5O4/c1-12(22(39)34-11-25(28,29)30)15-9-16(27)17(10-19(15)42-26(31,32)33)36-24(41)21(20(13-3-4-13)14-5-6-14)37-23(40)18-7-8-35-38(18)2/h7-10,12-14,20-21H,3-6,11H2,1-2H3,(H,34,39)(H,36,41)(H,37,40)/t12?,21-/m0/s1. The number of ether oxygens (including phenoxy) is 1. The van der Waals surface area contributed by atoms with Crippen molar-refractivity contribution in [1.82, 2.24) is 20.4 Å². The Hall–Kier alpha value is -3.85. The highest BCUT2D eigenvalue weighted by Crippen LogP contribution is 2.51. The molecule has 230 valence electrons. The van der Waals surface area contributed by atoms with E-state index >= 15 is 4.39 Å². The molecule has 42 heavy (non-hydrogen) atoms. The monoisotopic (exact) mass is 607 g/mol. The van der Waals surface area contributed by atoms with Crippen molar-refractivity contribution < 1.29 is 49.9 Å². The molecule has 1 aromatic heterocycles. The first-order valence-electron chi connectivity index (χ1n) is 13.1. The highest BCUT2D eigenvalue weighted by Gasteiger charge is 2.48. The molecule has 16 heteroatoms. The Kier molecular flexibility index (Phi) is 8.73. The predicted octanol–water partition coefficient (Wildman–Crippen LogP) is 4.41. The fourth-order valence-corrected chi connectivity index (χ4v) is 4.95. The molecule has 1 aromatic carbocycles. The van der Waals surface area contributed by atoms with Crippen LogP contribution < -0.4 is 20.7 Å². The van der Waals surface area contributed by atoms with Crippen molar-refractivity contribution in [1.29, 1.82) is 0 Å². The van der Waals surface area contributed by atoms with Crippen LogP contribution in [0.4, 0.5) is 36.4 Å². The summed E-state index contributed by atoms with van der Waals surface area (Å²) in [6.07, 6.45) is -5.48. The highest BCUT2D eigenvalue weighted by molar-refractivity contribution is 6.01. The van der Waals surface area contributed by atoms with Crippen molar-refractivity contribution in [2.75, 3.05) is 11.9 Å². The molecule has 2 aliphatic carbocycles. The zero-order chi connectivity index (χ0) is 31.0. The minimum atomic E-state index is -5.32. The van der Waals surface area contributed by atoms with Crippen LogP contribution in [0, 0.1) is 23.6 Å². The quantitative estimate of drug-likeness (QED) is 0.328. The fraction of sp³-hybridized carbons (Fsp3) is 0.538. The van der Waals surface area contributed by atoms with Gasteiger partial charge in [-0.05, 0) is 62.5 Å². The zero-order valence-electron chi connectivity index (χ0n) is 22.4. The Balaban J connectivity index is 1.62. The van der Waals surface area contributed by atoms with Crippen molar-refractivity contribution in [2.24, 2.45) is 24.8 Å². The third-order valence-corrected chi connectivity index (χ3v) is 7.25. The lowest BCUT2D eigenvalue weighted by Crippen LogP contribution is -2.50. The van der Waals surface area contributed by atoms with Gasteiger partial charge in [-0.3, -0.25) is 19.1 Å². The van der Waals surface area contributed by atoms with E-state index in [2.05, 4.69) is 20.5 Å². The lowest BCUT2D eigenvalue weighted by Gasteiger charge is -2.28. The van der Waals surface area contributed by atoms with Gasteiger partial charge in [0.05, 0.1) is 11.6 Å². The molecule has 0 radical (unpaired) electrons. The van der Waals surface area contributed by atoms with Crippen molar-refractivity contribution >= 4 is 23.4 Å². The van der Waals surface area contributed by atoms with Crippen molar-refractivity contribution in [3.05, 3.63) is 41.5 Å². The van der Waals surface area contributed by atoms with Gasteiger partial charge in [-0.2, -0.15) is 18.3 Å². The van der Waals surface area contributed by atoms with Gasteiger partial charge in [0.1, 0.15) is 29.8 Å². The van der Waals surface area contributed by atoms with Crippen LogP contribution in [0.2, 0.25) is 0 Å². The summed E-state index contributed by atoms with van der Waals surface area (Å²) >= 11 is 0. The highest BCUT2D eigenvalue weighted by atomic mass is 19.4. The number of anilines is 1. The molecular weight excluding hydrogens is 579 g/mol. The van der Waals surface area contributed by atoms with Gasteiger partial charge < -0.3 is 20.7 Å². The molecule has 0 aliphatic heterocycles. The summed E-state index contributed by atoms with van der Waals surface area (Å²) < 4.78 is 97.6. The van der Waals surface area contributed by atoms with E-state index in [0.717, 1.165) is 32.6 Å². The molecule has 0 spiro atoms. The Morgan fingerprint density at radius 1 is 1.05 bits per heavy atom. The van der Waals surface area contributed by atoms with E-state index in [0.29, 0.717) is 12.1 Å². The van der Waals surface area contributed by atoms with E-state index in [1.54, 1.807) is 0 Å². The first-order chi connectivity index (χ1) is 19.5. The minimum absolute atomic E-state index is 0.118. The third-order valence-electron chi connectivity index (χ3n) is 7.25. The summed E-state index contributed by atoms with van der Waals surface area (Å²) in [5, 5.41) is 10.4. The number of carbonyl (C=O) groups is 3. The molecule has 2 fully saturated rings. The third kappa shape index (κ3) is 7.91. The SMILES string of the molecule is CC(C(=O)NCC(F)(F)F)c1cc(F)c(NC(=O)[C@@H](NC(=O)c2ccnn2C)C(C2CC2)C2CC2)cc1OC(F)(F)F. The number of nitrogens with one attached hydrogen (secondary N) is 3. The number of benzene rings is 1. The number of halogens is 7. The first kappa shape index (κ1) is 31.1. The maximum absolute atomic E-state index is 15.2. The Morgan fingerprint density at radius 2 is 1.67 bits per heavy atom. The number of aryl methyl sites for hydroxylation is 1. The maximum Gasteiger partial charge on any atom is 0.573 e. The van der Waals surface area contributed by atoms with Crippen LogP contribution in [-0.4, -0.2) is 52.6 Å². The molecule has 1 heterocycles. The van der Waals surface area contributed by atoms with E-state index in [9.17, 15) is 40.7 Å². The lowest BCUT2D eigenvalue weighted by molar-refractivity contribution is -0.275. The summed E-state index contributed by atoms with van der Waals surface area (Å²) in [5.41, 5.74) is -1.29. The Bertz CT molecular complexity index is 1320. The lowest BCUT2D eigenvalue weighted by atomic mass is 9.88. The summed E-state index contributed by atoms with van der Waals surface area (Å²) in [7, 11) is 1.52. The van der Waals surface area contributed by atoms with Crippen LogP contribution in [0.1, 0.15) is 54.6 Å². The molecule has 0 bridgehead atoms. The average Bonchev–Trinajstić information content (AvgIpc) is 3.82. The Labute approximate surface area is 235 Å². The van der Waals surface area contributed by atoms with Gasteiger partial charge in [-0.1, -0.05) is 0 Å². The van der Waals surface area contributed by atoms with Gasteiger partial charge in [-0.15, -0.1) is 13.2 Å². The van der Waals surface area contributed by atoms with Crippen molar-refractivity contribution in [3.63, 3.8) is 0 Å². The van der Waals surface area contributed by atoms with Crippen LogP contribution in [0.3, 0.4) is 0 Å². The second-order valence-electron chi connectivity index (χ2n) is 10.5. The van der Waals surface area contributed by atoms with E-state index in [1.165, 1.54) is 29.3 Å². The molecular formula is C26H28F7N5O4. The number of nitrogens with zero attached hydrogens (tertiary/aromatic N) is 2. The van der Waals surface area contributed by atoms with Crippen LogP contribution in [-0.2, 0) is 16.6 Å². The van der Waals surface area contributed by atoms with Gasteiger partial charge >= 0.3 is 12.5 Å². The van der Waals surface area contributed by atoms with Gasteiger partial charge in [0, 0.05) is 24.9 Å². The van der Waals surface area contributed by atoms with Crippen LogP contribution in [0.25, 0.3) is 0 Å².